The summed E-state index contributed by atoms with van der Waals surface area (Å²) in [6.45, 7) is 4.31. The molecule has 1 unspecified atom stereocenters. The van der Waals surface area contributed by atoms with Crippen LogP contribution in [-0.4, -0.2) is 15.8 Å². The molecule has 2 rings (SSSR count). The molecule has 1 saturated carbocycles. The molecule has 0 saturated heterocycles. The number of aryl methyl sites for hydroxylation is 1. The molecular weight excluding hydrogens is 224 g/mol. The summed E-state index contributed by atoms with van der Waals surface area (Å²) in [6.07, 6.45) is 3.60. The second-order valence-electron chi connectivity index (χ2n) is 5.79. The molecule has 0 amide bonds. The third kappa shape index (κ3) is 2.76. The van der Waals surface area contributed by atoms with Crippen molar-refractivity contribution in [2.75, 3.05) is 0 Å². The third-order valence-corrected chi connectivity index (χ3v) is 4.32. The Bertz CT molecular complexity index is 392. The highest BCUT2D eigenvalue weighted by molar-refractivity contribution is 5.27. The van der Waals surface area contributed by atoms with Gasteiger partial charge in [0.2, 0.25) is 0 Å². The second-order valence-corrected chi connectivity index (χ2v) is 5.79. The van der Waals surface area contributed by atoms with Crippen LogP contribution in [0.15, 0.2) is 24.3 Å². The molecule has 0 radical (unpaired) electrons. The van der Waals surface area contributed by atoms with Crippen molar-refractivity contribution in [3.05, 3.63) is 35.4 Å². The topological polar surface area (TPSA) is 40.5 Å². The van der Waals surface area contributed by atoms with Gasteiger partial charge in [-0.25, -0.2) is 0 Å². The molecule has 0 spiro atoms. The molecule has 2 heteroatoms. The first-order chi connectivity index (χ1) is 8.55. The molecule has 1 fully saturated rings. The first-order valence-corrected chi connectivity index (χ1v) is 7.04. The summed E-state index contributed by atoms with van der Waals surface area (Å²) < 4.78 is 0. The summed E-state index contributed by atoms with van der Waals surface area (Å²) in [6, 6.07) is 7.95. The van der Waals surface area contributed by atoms with Crippen molar-refractivity contribution in [2.45, 2.75) is 57.7 Å². The van der Waals surface area contributed by atoms with Gasteiger partial charge in [0.05, 0.1) is 5.60 Å². The van der Waals surface area contributed by atoms with Crippen LogP contribution in [0.25, 0.3) is 0 Å². The fraction of sp³-hybridized carbons (Fsp3) is 0.625. The lowest BCUT2D eigenvalue weighted by atomic mass is 9.75. The molecule has 1 aliphatic carbocycles. The van der Waals surface area contributed by atoms with E-state index in [-0.39, 0.29) is 0 Å². The lowest BCUT2D eigenvalue weighted by molar-refractivity contribution is -0.105. The van der Waals surface area contributed by atoms with Gasteiger partial charge >= 0.3 is 0 Å². The maximum absolute atomic E-state index is 10.6. The Balaban J connectivity index is 2.16. The van der Waals surface area contributed by atoms with Crippen LogP contribution in [0.3, 0.4) is 0 Å². The van der Waals surface area contributed by atoms with E-state index in [9.17, 15) is 10.2 Å². The van der Waals surface area contributed by atoms with Gasteiger partial charge in [-0.2, -0.15) is 0 Å². The third-order valence-electron chi connectivity index (χ3n) is 4.32. The van der Waals surface area contributed by atoms with Gasteiger partial charge in [0, 0.05) is 0 Å². The van der Waals surface area contributed by atoms with Crippen LogP contribution in [-0.2, 0) is 6.42 Å². The first-order valence-electron chi connectivity index (χ1n) is 7.04. The highest BCUT2D eigenvalue weighted by atomic mass is 16.3. The van der Waals surface area contributed by atoms with E-state index in [2.05, 4.69) is 19.9 Å². The molecule has 0 aromatic heterocycles. The summed E-state index contributed by atoms with van der Waals surface area (Å²) in [5.41, 5.74) is 1.13. The highest BCUT2D eigenvalue weighted by Gasteiger charge is 2.39. The zero-order valence-electron chi connectivity index (χ0n) is 11.4. The molecule has 100 valence electrons. The number of aliphatic hydroxyl groups is 2. The lowest BCUT2D eigenvalue weighted by Crippen LogP contribution is -2.39. The van der Waals surface area contributed by atoms with E-state index >= 15 is 0 Å². The zero-order valence-corrected chi connectivity index (χ0v) is 11.4. The monoisotopic (exact) mass is 248 g/mol. The van der Waals surface area contributed by atoms with Gasteiger partial charge in [-0.1, -0.05) is 38.1 Å². The van der Waals surface area contributed by atoms with E-state index in [1.807, 2.05) is 18.2 Å². The van der Waals surface area contributed by atoms with Gasteiger partial charge in [-0.05, 0) is 49.1 Å². The minimum absolute atomic E-state index is 0.666. The van der Waals surface area contributed by atoms with Crippen molar-refractivity contribution in [1.82, 2.24) is 0 Å². The predicted molar refractivity (Wildman–Crippen MR) is 73.4 cm³/mol. The molecule has 1 aromatic rings. The second kappa shape index (κ2) is 5.41. The summed E-state index contributed by atoms with van der Waals surface area (Å²) in [5.74, 6) is 0.666. The summed E-state index contributed by atoms with van der Waals surface area (Å²) in [5, 5.41) is 21.1. The van der Waals surface area contributed by atoms with Crippen LogP contribution in [0, 0.1) is 5.92 Å². The molecule has 1 atom stereocenters. The standard InChI is InChI=1S/C16H24O2/c1-3-13-5-4-6-14(11-13)15(17)16(18)9-7-12(2)8-10-16/h4-6,11-12,15,17-18H,3,7-10H2,1-2H3. The number of hydrogen-bond acceptors (Lipinski definition) is 2. The minimum atomic E-state index is -0.932. The van der Waals surface area contributed by atoms with Crippen LogP contribution in [0.4, 0.5) is 0 Å². The molecule has 0 aliphatic heterocycles. The number of rotatable bonds is 3. The molecular formula is C16H24O2. The van der Waals surface area contributed by atoms with E-state index in [1.165, 1.54) is 5.56 Å². The van der Waals surface area contributed by atoms with E-state index in [0.717, 1.165) is 24.8 Å². The predicted octanol–water partition coefficient (Wildman–Crippen LogP) is 3.22. The van der Waals surface area contributed by atoms with Crippen LogP contribution in [0.1, 0.15) is 56.8 Å². The van der Waals surface area contributed by atoms with Crippen molar-refractivity contribution < 1.29 is 10.2 Å². The van der Waals surface area contributed by atoms with E-state index in [1.54, 1.807) is 0 Å². The number of aliphatic hydroxyl groups excluding tert-OH is 1. The Morgan fingerprint density at radius 1 is 1.33 bits per heavy atom. The average molecular weight is 248 g/mol. The highest BCUT2D eigenvalue weighted by Crippen LogP contribution is 2.40. The fourth-order valence-corrected chi connectivity index (χ4v) is 2.83. The van der Waals surface area contributed by atoms with Crippen LogP contribution in [0.5, 0.6) is 0 Å². The van der Waals surface area contributed by atoms with Gasteiger partial charge < -0.3 is 10.2 Å². The summed E-state index contributed by atoms with van der Waals surface area (Å²) >= 11 is 0. The smallest absolute Gasteiger partial charge is 0.108 e. The van der Waals surface area contributed by atoms with Gasteiger partial charge in [-0.3, -0.25) is 0 Å². The van der Waals surface area contributed by atoms with Gasteiger partial charge in [0.15, 0.2) is 0 Å². The van der Waals surface area contributed by atoms with Crippen LogP contribution < -0.4 is 0 Å². The minimum Gasteiger partial charge on any atom is -0.387 e. The maximum Gasteiger partial charge on any atom is 0.108 e. The SMILES string of the molecule is CCc1cccc(C(O)C2(O)CCC(C)CC2)c1. The van der Waals surface area contributed by atoms with Crippen LogP contribution in [0.2, 0.25) is 0 Å². The Labute approximate surface area is 110 Å². The van der Waals surface area contributed by atoms with Crippen molar-refractivity contribution in [3.63, 3.8) is 0 Å². The van der Waals surface area contributed by atoms with Gasteiger partial charge in [0.25, 0.3) is 0 Å². The molecule has 2 nitrogen and oxygen atoms in total. The van der Waals surface area contributed by atoms with Gasteiger partial charge in [-0.15, -0.1) is 0 Å². The van der Waals surface area contributed by atoms with E-state index in [4.69, 9.17) is 0 Å². The summed E-state index contributed by atoms with van der Waals surface area (Å²) in [7, 11) is 0. The lowest BCUT2D eigenvalue weighted by Gasteiger charge is -2.38. The van der Waals surface area contributed by atoms with Crippen molar-refractivity contribution in [3.8, 4) is 0 Å². The molecule has 2 N–H and O–H groups in total. The number of hydrogen-bond donors (Lipinski definition) is 2. The van der Waals surface area contributed by atoms with Crippen molar-refractivity contribution in [2.24, 2.45) is 5.92 Å². The van der Waals surface area contributed by atoms with E-state index in [0.29, 0.717) is 18.8 Å². The molecule has 0 bridgehead atoms. The summed E-state index contributed by atoms with van der Waals surface area (Å²) in [4.78, 5) is 0. The molecule has 18 heavy (non-hydrogen) atoms. The molecule has 0 heterocycles. The van der Waals surface area contributed by atoms with Crippen LogP contribution >= 0.6 is 0 Å². The average Bonchev–Trinajstić information content (AvgIpc) is 2.41. The largest absolute Gasteiger partial charge is 0.387 e. The quantitative estimate of drug-likeness (QED) is 0.862. The van der Waals surface area contributed by atoms with Gasteiger partial charge in [0.1, 0.15) is 6.10 Å². The fourth-order valence-electron chi connectivity index (χ4n) is 2.83. The Hall–Kier alpha value is -0.860. The van der Waals surface area contributed by atoms with Crippen molar-refractivity contribution in [1.29, 1.82) is 0 Å². The molecule has 1 aromatic carbocycles. The zero-order chi connectivity index (χ0) is 13.2. The van der Waals surface area contributed by atoms with E-state index < -0.39 is 11.7 Å². The Morgan fingerprint density at radius 2 is 2.00 bits per heavy atom. The Kier molecular flexibility index (Phi) is 4.08. The first kappa shape index (κ1) is 13.6. The van der Waals surface area contributed by atoms with Crippen molar-refractivity contribution >= 4 is 0 Å². The Morgan fingerprint density at radius 3 is 2.61 bits per heavy atom. The number of benzene rings is 1. The normalized spacial score (nSPS) is 30.1. The molecule has 1 aliphatic rings. The maximum atomic E-state index is 10.6.